The number of nitrogens with zero attached hydrogens (tertiary/aromatic N) is 2. The number of hydrogen-bond acceptors (Lipinski definition) is 2. The highest BCUT2D eigenvalue weighted by molar-refractivity contribution is 5.31. The van der Waals surface area contributed by atoms with Crippen molar-refractivity contribution < 1.29 is 0 Å². The Bertz CT molecular complexity index is 528. The second kappa shape index (κ2) is 5.36. The van der Waals surface area contributed by atoms with Crippen LogP contribution in [0.4, 0.5) is 0 Å². The summed E-state index contributed by atoms with van der Waals surface area (Å²) in [5.41, 5.74) is 11.3. The summed E-state index contributed by atoms with van der Waals surface area (Å²) in [6.07, 6.45) is 5.89. The van der Waals surface area contributed by atoms with Gasteiger partial charge < -0.3 is 5.73 Å². The van der Waals surface area contributed by atoms with Crippen LogP contribution in [-0.4, -0.2) is 9.78 Å². The van der Waals surface area contributed by atoms with Crippen LogP contribution in [0.15, 0.2) is 30.6 Å². The lowest BCUT2D eigenvalue weighted by atomic mass is 9.97. The van der Waals surface area contributed by atoms with Crippen molar-refractivity contribution in [2.24, 2.45) is 12.8 Å². The van der Waals surface area contributed by atoms with Gasteiger partial charge in [0.15, 0.2) is 0 Å². The van der Waals surface area contributed by atoms with Crippen molar-refractivity contribution in [1.29, 1.82) is 0 Å². The first-order valence-electron chi connectivity index (χ1n) is 6.36. The Labute approximate surface area is 109 Å². The summed E-state index contributed by atoms with van der Waals surface area (Å²) in [6, 6.07) is 6.58. The zero-order valence-electron chi connectivity index (χ0n) is 11.4. The van der Waals surface area contributed by atoms with Crippen LogP contribution in [-0.2, 0) is 13.5 Å². The normalized spacial score (nSPS) is 12.7. The van der Waals surface area contributed by atoms with E-state index in [1.54, 1.807) is 0 Å². The van der Waals surface area contributed by atoms with Gasteiger partial charge in [-0.25, -0.2) is 0 Å². The first-order valence-corrected chi connectivity index (χ1v) is 6.36. The van der Waals surface area contributed by atoms with E-state index in [0.717, 1.165) is 12.8 Å². The minimum atomic E-state index is 0.101. The molecule has 1 aromatic carbocycles. The van der Waals surface area contributed by atoms with E-state index in [9.17, 15) is 0 Å². The third-order valence-electron chi connectivity index (χ3n) is 3.46. The molecule has 3 nitrogen and oxygen atoms in total. The zero-order chi connectivity index (χ0) is 13.1. The summed E-state index contributed by atoms with van der Waals surface area (Å²) < 4.78 is 1.83. The number of benzene rings is 1. The van der Waals surface area contributed by atoms with Crippen LogP contribution < -0.4 is 5.73 Å². The molecule has 18 heavy (non-hydrogen) atoms. The van der Waals surface area contributed by atoms with Gasteiger partial charge in [-0.3, -0.25) is 4.68 Å². The summed E-state index contributed by atoms with van der Waals surface area (Å²) in [4.78, 5) is 0. The van der Waals surface area contributed by atoms with Crippen LogP contribution in [0.2, 0.25) is 0 Å². The van der Waals surface area contributed by atoms with Gasteiger partial charge in [-0.05, 0) is 48.9 Å². The summed E-state index contributed by atoms with van der Waals surface area (Å²) in [7, 11) is 1.94. The molecule has 0 aliphatic heterocycles. The minimum Gasteiger partial charge on any atom is -0.324 e. The highest BCUT2D eigenvalue weighted by Gasteiger charge is 2.08. The molecule has 0 saturated carbocycles. The molecule has 0 radical (unpaired) electrons. The summed E-state index contributed by atoms with van der Waals surface area (Å²) in [5.74, 6) is 0. The average Bonchev–Trinajstić information content (AvgIpc) is 2.75. The summed E-state index contributed by atoms with van der Waals surface area (Å²) >= 11 is 0. The fourth-order valence-corrected chi connectivity index (χ4v) is 2.09. The molecule has 2 N–H and O–H groups in total. The van der Waals surface area contributed by atoms with Gasteiger partial charge in [-0.2, -0.15) is 5.10 Å². The highest BCUT2D eigenvalue weighted by Crippen LogP contribution is 2.19. The molecule has 0 fully saturated rings. The molecule has 1 heterocycles. The monoisotopic (exact) mass is 243 g/mol. The number of nitrogens with two attached hydrogens (primary N) is 1. The van der Waals surface area contributed by atoms with E-state index in [4.69, 9.17) is 5.73 Å². The number of aromatic nitrogens is 2. The number of aryl methyl sites for hydroxylation is 4. The van der Waals surface area contributed by atoms with Crippen molar-refractivity contribution in [2.75, 3.05) is 0 Å². The Morgan fingerprint density at radius 2 is 2.06 bits per heavy atom. The Morgan fingerprint density at radius 3 is 2.67 bits per heavy atom. The second-order valence-electron chi connectivity index (χ2n) is 5.01. The van der Waals surface area contributed by atoms with Gasteiger partial charge >= 0.3 is 0 Å². The fraction of sp³-hybridized carbons (Fsp3) is 0.400. The van der Waals surface area contributed by atoms with E-state index in [1.165, 1.54) is 22.3 Å². The van der Waals surface area contributed by atoms with Gasteiger partial charge in [0.2, 0.25) is 0 Å². The molecule has 2 rings (SSSR count). The molecule has 96 valence electrons. The third-order valence-corrected chi connectivity index (χ3v) is 3.46. The molecular weight excluding hydrogens is 222 g/mol. The van der Waals surface area contributed by atoms with Gasteiger partial charge in [0.25, 0.3) is 0 Å². The highest BCUT2D eigenvalue weighted by atomic mass is 15.2. The Morgan fingerprint density at radius 1 is 1.28 bits per heavy atom. The van der Waals surface area contributed by atoms with E-state index in [2.05, 4.69) is 37.1 Å². The molecule has 1 atom stereocenters. The molecule has 1 aromatic heterocycles. The average molecular weight is 243 g/mol. The van der Waals surface area contributed by atoms with Crippen molar-refractivity contribution in [3.05, 3.63) is 52.8 Å². The van der Waals surface area contributed by atoms with Gasteiger partial charge in [-0.1, -0.05) is 18.2 Å². The Kier molecular flexibility index (Phi) is 3.82. The Balaban J connectivity index is 1.99. The first kappa shape index (κ1) is 12.8. The van der Waals surface area contributed by atoms with E-state index in [1.807, 2.05) is 24.1 Å². The van der Waals surface area contributed by atoms with Crippen molar-refractivity contribution in [3.63, 3.8) is 0 Å². The van der Waals surface area contributed by atoms with Crippen molar-refractivity contribution in [2.45, 2.75) is 32.7 Å². The third kappa shape index (κ3) is 2.99. The number of hydrogen-bond donors (Lipinski definition) is 1. The molecule has 0 aliphatic rings. The van der Waals surface area contributed by atoms with Crippen LogP contribution in [0.3, 0.4) is 0 Å². The van der Waals surface area contributed by atoms with E-state index >= 15 is 0 Å². The van der Waals surface area contributed by atoms with Crippen LogP contribution in [0.1, 0.15) is 34.7 Å². The van der Waals surface area contributed by atoms with Crippen LogP contribution >= 0.6 is 0 Å². The molecule has 0 amide bonds. The summed E-state index contributed by atoms with van der Waals surface area (Å²) in [5, 5.41) is 4.17. The lowest BCUT2D eigenvalue weighted by Gasteiger charge is -2.13. The molecule has 0 saturated heterocycles. The lowest BCUT2D eigenvalue weighted by molar-refractivity contribution is 0.650. The van der Waals surface area contributed by atoms with Crippen LogP contribution in [0, 0.1) is 13.8 Å². The van der Waals surface area contributed by atoms with Gasteiger partial charge in [0.05, 0.1) is 6.20 Å². The van der Waals surface area contributed by atoms with Crippen LogP contribution in [0.25, 0.3) is 0 Å². The predicted molar refractivity (Wildman–Crippen MR) is 74.4 cm³/mol. The predicted octanol–water partition coefficient (Wildman–Crippen LogP) is 2.67. The fourth-order valence-electron chi connectivity index (χ4n) is 2.09. The Hall–Kier alpha value is -1.61. The van der Waals surface area contributed by atoms with Crippen molar-refractivity contribution in [1.82, 2.24) is 9.78 Å². The topological polar surface area (TPSA) is 43.8 Å². The standard InChI is InChI=1S/C15H21N3/c1-11-4-6-14(8-12(11)2)15(16)7-5-13-9-17-18(3)10-13/h4,6,8-10,15H,5,7,16H2,1-3H3. The maximum atomic E-state index is 6.24. The SMILES string of the molecule is Cc1ccc(C(N)CCc2cnn(C)c2)cc1C. The van der Waals surface area contributed by atoms with E-state index in [0.29, 0.717) is 0 Å². The quantitative estimate of drug-likeness (QED) is 0.897. The zero-order valence-corrected chi connectivity index (χ0v) is 11.4. The van der Waals surface area contributed by atoms with Gasteiger partial charge in [-0.15, -0.1) is 0 Å². The smallest absolute Gasteiger partial charge is 0.0521 e. The molecule has 3 heteroatoms. The van der Waals surface area contributed by atoms with Crippen molar-refractivity contribution in [3.8, 4) is 0 Å². The lowest BCUT2D eigenvalue weighted by Crippen LogP contribution is -2.11. The molecular formula is C15H21N3. The molecule has 1 unspecified atom stereocenters. The molecule has 2 aromatic rings. The van der Waals surface area contributed by atoms with Gasteiger partial charge in [0, 0.05) is 19.3 Å². The van der Waals surface area contributed by atoms with Gasteiger partial charge in [0.1, 0.15) is 0 Å². The molecule has 0 aliphatic carbocycles. The van der Waals surface area contributed by atoms with Crippen molar-refractivity contribution >= 4 is 0 Å². The molecule has 0 bridgehead atoms. The first-order chi connectivity index (χ1) is 8.56. The van der Waals surface area contributed by atoms with E-state index < -0.39 is 0 Å². The minimum absolute atomic E-state index is 0.101. The maximum Gasteiger partial charge on any atom is 0.0521 e. The summed E-state index contributed by atoms with van der Waals surface area (Å²) in [6.45, 7) is 4.26. The maximum absolute atomic E-state index is 6.24. The molecule has 0 spiro atoms. The van der Waals surface area contributed by atoms with E-state index in [-0.39, 0.29) is 6.04 Å². The second-order valence-corrected chi connectivity index (χ2v) is 5.01. The van der Waals surface area contributed by atoms with Crippen LogP contribution in [0.5, 0.6) is 0 Å². The number of rotatable bonds is 4. The largest absolute Gasteiger partial charge is 0.324 e.